The van der Waals surface area contributed by atoms with Gasteiger partial charge in [0.2, 0.25) is 0 Å². The molecule has 0 aliphatic heterocycles. The Morgan fingerprint density at radius 1 is 1.06 bits per heavy atom. The number of nitro benzene ring substituents is 1. The molecule has 9 nitrogen and oxygen atoms in total. The molecule has 32 heavy (non-hydrogen) atoms. The van der Waals surface area contributed by atoms with Crippen LogP contribution in [0.15, 0.2) is 53.3 Å². The van der Waals surface area contributed by atoms with Crippen LogP contribution in [0.1, 0.15) is 5.56 Å². The number of ether oxygens (including phenoxy) is 2. The van der Waals surface area contributed by atoms with Gasteiger partial charge >= 0.3 is 0 Å². The monoisotopic (exact) mass is 435 g/mol. The Kier molecular flexibility index (Phi) is 5.55. The lowest BCUT2D eigenvalue weighted by molar-refractivity contribution is -0.383. The minimum Gasteiger partial charge on any atom is -0.508 e. The Hall–Kier alpha value is -4.27. The fraction of sp³-hybridized carbons (Fsp3) is 0.174. The topological polar surface area (TPSA) is 127 Å². The molecule has 0 spiro atoms. The molecule has 0 aliphatic carbocycles. The number of methoxy groups -OCH3 is 2. The molecule has 0 saturated carbocycles. The molecule has 3 N–H and O–H groups in total. The largest absolute Gasteiger partial charge is 0.508 e. The van der Waals surface area contributed by atoms with E-state index in [1.54, 1.807) is 14.2 Å². The summed E-state index contributed by atoms with van der Waals surface area (Å²) in [6.45, 7) is 0.472. The van der Waals surface area contributed by atoms with Gasteiger partial charge in [0.25, 0.3) is 5.69 Å². The summed E-state index contributed by atoms with van der Waals surface area (Å²) < 4.78 is 10.6. The first-order valence-electron chi connectivity index (χ1n) is 9.84. The van der Waals surface area contributed by atoms with E-state index >= 15 is 0 Å². The number of hydrogen-bond acceptors (Lipinski definition) is 7. The zero-order valence-electron chi connectivity index (χ0n) is 17.5. The molecule has 0 aliphatic rings. The average molecular weight is 435 g/mol. The van der Waals surface area contributed by atoms with Crippen molar-refractivity contribution in [1.82, 2.24) is 4.98 Å². The molecule has 1 heterocycles. The molecule has 0 fully saturated rings. The SMILES string of the molecule is COc1ccc(CCNc2ccc([N+](=O)[O-])c3[nH]c4ccc(O)cc4c(=O)c23)cc1OC. The van der Waals surface area contributed by atoms with Gasteiger partial charge in [0, 0.05) is 23.7 Å². The van der Waals surface area contributed by atoms with Gasteiger partial charge in [0.15, 0.2) is 16.9 Å². The zero-order valence-corrected chi connectivity index (χ0v) is 17.5. The van der Waals surface area contributed by atoms with Gasteiger partial charge in [0.05, 0.1) is 30.0 Å². The van der Waals surface area contributed by atoms with Crippen molar-refractivity contribution < 1.29 is 19.5 Å². The molecule has 0 amide bonds. The fourth-order valence-corrected chi connectivity index (χ4v) is 3.73. The molecular formula is C23H21N3O6. The maximum Gasteiger partial charge on any atom is 0.293 e. The molecule has 4 rings (SSSR count). The lowest BCUT2D eigenvalue weighted by Gasteiger charge is -2.12. The summed E-state index contributed by atoms with van der Waals surface area (Å²) in [5, 5.41) is 25.0. The number of phenols is 1. The normalized spacial score (nSPS) is 10.9. The van der Waals surface area contributed by atoms with Crippen molar-refractivity contribution in [2.45, 2.75) is 6.42 Å². The van der Waals surface area contributed by atoms with E-state index in [0.29, 0.717) is 35.7 Å². The first-order chi connectivity index (χ1) is 15.4. The number of aromatic amines is 1. The molecule has 0 saturated heterocycles. The van der Waals surface area contributed by atoms with Crippen LogP contribution in [0.3, 0.4) is 0 Å². The number of hydrogen-bond donors (Lipinski definition) is 3. The lowest BCUT2D eigenvalue weighted by Crippen LogP contribution is -2.12. The smallest absolute Gasteiger partial charge is 0.293 e. The third-order valence-corrected chi connectivity index (χ3v) is 5.29. The number of rotatable bonds is 7. The van der Waals surface area contributed by atoms with Gasteiger partial charge in [-0.2, -0.15) is 0 Å². The quantitative estimate of drug-likeness (QED) is 0.228. The van der Waals surface area contributed by atoms with Crippen LogP contribution in [-0.4, -0.2) is 35.8 Å². The van der Waals surface area contributed by atoms with Crippen molar-refractivity contribution in [2.75, 3.05) is 26.1 Å². The highest BCUT2D eigenvalue weighted by Crippen LogP contribution is 2.31. The van der Waals surface area contributed by atoms with Gasteiger partial charge in [-0.15, -0.1) is 0 Å². The number of phenolic OH excluding ortho intramolecular Hbond substituents is 1. The number of nitrogens with zero attached hydrogens (tertiary/aromatic N) is 1. The number of benzene rings is 3. The summed E-state index contributed by atoms with van der Waals surface area (Å²) in [6, 6.07) is 12.8. The van der Waals surface area contributed by atoms with E-state index in [0.717, 1.165) is 5.56 Å². The number of aromatic hydroxyl groups is 1. The summed E-state index contributed by atoms with van der Waals surface area (Å²) in [5.41, 5.74) is 1.41. The number of nitro groups is 1. The molecule has 0 unspecified atom stereocenters. The van der Waals surface area contributed by atoms with E-state index in [1.807, 2.05) is 18.2 Å². The van der Waals surface area contributed by atoms with Crippen molar-refractivity contribution in [3.63, 3.8) is 0 Å². The number of non-ortho nitro benzene ring substituents is 1. The zero-order chi connectivity index (χ0) is 22.8. The molecule has 1 aromatic heterocycles. The standard InChI is InChI=1S/C23H21N3O6/c1-31-19-8-3-13(11-20(19)32-2)9-10-24-17-6-7-18(26(29)30)22-21(17)23(28)15-12-14(27)4-5-16(15)25-22/h3-8,11-12,24,27H,9-10H2,1-2H3,(H,25,28). The Balaban J connectivity index is 1.72. The Bertz CT molecular complexity index is 1400. The van der Waals surface area contributed by atoms with Crippen LogP contribution in [-0.2, 0) is 6.42 Å². The number of pyridine rings is 1. The van der Waals surface area contributed by atoms with Crippen molar-refractivity contribution in [2.24, 2.45) is 0 Å². The second-order valence-corrected chi connectivity index (χ2v) is 7.19. The summed E-state index contributed by atoms with van der Waals surface area (Å²) >= 11 is 0. The van der Waals surface area contributed by atoms with Crippen molar-refractivity contribution >= 4 is 33.2 Å². The van der Waals surface area contributed by atoms with Gasteiger partial charge in [-0.05, 0) is 48.4 Å². The predicted molar refractivity (Wildman–Crippen MR) is 122 cm³/mol. The number of H-pyrrole nitrogens is 1. The van der Waals surface area contributed by atoms with E-state index in [2.05, 4.69) is 10.3 Å². The second-order valence-electron chi connectivity index (χ2n) is 7.19. The Morgan fingerprint density at radius 2 is 1.84 bits per heavy atom. The van der Waals surface area contributed by atoms with Gasteiger partial charge in [-0.25, -0.2) is 0 Å². The van der Waals surface area contributed by atoms with Crippen LogP contribution in [0, 0.1) is 10.1 Å². The number of anilines is 1. The van der Waals surface area contributed by atoms with Crippen LogP contribution in [0.5, 0.6) is 17.2 Å². The van der Waals surface area contributed by atoms with Crippen LogP contribution in [0.25, 0.3) is 21.8 Å². The van der Waals surface area contributed by atoms with E-state index in [-0.39, 0.29) is 27.7 Å². The van der Waals surface area contributed by atoms with Crippen LogP contribution in [0.4, 0.5) is 11.4 Å². The second kappa shape index (κ2) is 8.46. The summed E-state index contributed by atoms with van der Waals surface area (Å²) in [5.74, 6) is 1.19. The molecule has 164 valence electrons. The van der Waals surface area contributed by atoms with Crippen molar-refractivity contribution in [1.29, 1.82) is 0 Å². The highest BCUT2D eigenvalue weighted by Gasteiger charge is 2.19. The third kappa shape index (κ3) is 3.76. The molecule has 0 radical (unpaired) electrons. The van der Waals surface area contributed by atoms with E-state index in [9.17, 15) is 20.0 Å². The lowest BCUT2D eigenvalue weighted by atomic mass is 10.1. The molecule has 0 atom stereocenters. The minimum atomic E-state index is -0.530. The van der Waals surface area contributed by atoms with E-state index in [4.69, 9.17) is 9.47 Å². The van der Waals surface area contributed by atoms with Crippen LogP contribution < -0.4 is 20.2 Å². The molecular weight excluding hydrogens is 414 g/mol. The Morgan fingerprint density at radius 3 is 2.56 bits per heavy atom. The fourth-order valence-electron chi connectivity index (χ4n) is 3.73. The highest BCUT2D eigenvalue weighted by molar-refractivity contribution is 6.03. The number of aromatic nitrogens is 1. The van der Waals surface area contributed by atoms with Gasteiger partial charge in [-0.1, -0.05) is 6.07 Å². The summed E-state index contributed by atoms with van der Waals surface area (Å²) in [6.07, 6.45) is 0.616. The maximum atomic E-state index is 13.2. The first kappa shape index (κ1) is 21.0. The van der Waals surface area contributed by atoms with Crippen molar-refractivity contribution in [3.8, 4) is 17.2 Å². The summed E-state index contributed by atoms with van der Waals surface area (Å²) in [7, 11) is 3.14. The minimum absolute atomic E-state index is 0.0595. The number of fused-ring (bicyclic) bond motifs is 2. The van der Waals surface area contributed by atoms with E-state index in [1.165, 1.54) is 30.3 Å². The van der Waals surface area contributed by atoms with Gasteiger partial charge < -0.3 is 24.9 Å². The summed E-state index contributed by atoms with van der Waals surface area (Å²) in [4.78, 5) is 27.2. The molecule has 3 aromatic carbocycles. The third-order valence-electron chi connectivity index (χ3n) is 5.29. The average Bonchev–Trinajstić information content (AvgIpc) is 2.79. The van der Waals surface area contributed by atoms with Gasteiger partial charge in [0.1, 0.15) is 11.3 Å². The highest BCUT2D eigenvalue weighted by atomic mass is 16.6. The molecule has 0 bridgehead atoms. The first-order valence-corrected chi connectivity index (χ1v) is 9.84. The van der Waals surface area contributed by atoms with Crippen LogP contribution in [0.2, 0.25) is 0 Å². The Labute approximate surface area is 182 Å². The van der Waals surface area contributed by atoms with Crippen LogP contribution >= 0.6 is 0 Å². The number of nitrogens with one attached hydrogen (secondary N) is 2. The van der Waals surface area contributed by atoms with Crippen molar-refractivity contribution in [3.05, 3.63) is 74.4 Å². The molecule has 4 aromatic rings. The predicted octanol–water partition coefficient (Wildman–Crippen LogP) is 3.97. The van der Waals surface area contributed by atoms with Gasteiger partial charge in [-0.3, -0.25) is 14.9 Å². The molecule has 9 heteroatoms. The van der Waals surface area contributed by atoms with E-state index < -0.39 is 10.4 Å². The maximum absolute atomic E-state index is 13.2.